The molecule has 4 rings (SSSR count). The van der Waals surface area contributed by atoms with Gasteiger partial charge in [-0.25, -0.2) is 19.2 Å². The molecule has 0 radical (unpaired) electrons. The van der Waals surface area contributed by atoms with Crippen molar-refractivity contribution in [3.8, 4) is 0 Å². The maximum absolute atomic E-state index is 12.8. The van der Waals surface area contributed by atoms with Gasteiger partial charge in [0.25, 0.3) is 6.08 Å². The standard InChI is InChI=1S/C19H17F2N5O3S/c20-17(21)13(6-22)7-25-18(27)24(11-23-25)8-15-5-14(10-30-15)26-16-4-2-1-3-12(16)9-29-19(26)28/h1-5,10-11H,6-9,22H2. The highest BCUT2D eigenvalue weighted by Crippen LogP contribution is 2.35. The summed E-state index contributed by atoms with van der Waals surface area (Å²) >= 11 is 1.36. The van der Waals surface area contributed by atoms with Crippen LogP contribution < -0.4 is 16.3 Å². The van der Waals surface area contributed by atoms with Gasteiger partial charge in [-0.15, -0.1) is 11.3 Å². The maximum atomic E-state index is 12.8. The number of hydrogen-bond acceptors (Lipinski definition) is 6. The Balaban J connectivity index is 1.56. The van der Waals surface area contributed by atoms with Crippen LogP contribution in [0.15, 0.2) is 58.5 Å². The molecule has 0 unspecified atom stereocenters. The van der Waals surface area contributed by atoms with Gasteiger partial charge in [0.2, 0.25) is 0 Å². The van der Waals surface area contributed by atoms with Crippen molar-refractivity contribution in [3.63, 3.8) is 0 Å². The van der Waals surface area contributed by atoms with Crippen molar-refractivity contribution in [2.45, 2.75) is 19.7 Å². The first-order chi connectivity index (χ1) is 14.5. The van der Waals surface area contributed by atoms with Crippen LogP contribution in [0.4, 0.5) is 25.0 Å². The Morgan fingerprint density at radius 3 is 2.83 bits per heavy atom. The highest BCUT2D eigenvalue weighted by molar-refractivity contribution is 7.10. The Hall–Kier alpha value is -3.31. The van der Waals surface area contributed by atoms with Crippen LogP contribution in [0.3, 0.4) is 0 Å². The molecule has 1 amide bonds. The first-order valence-corrected chi connectivity index (χ1v) is 9.83. The Kier molecular flexibility index (Phi) is 5.46. The number of aromatic nitrogens is 3. The van der Waals surface area contributed by atoms with E-state index in [2.05, 4.69) is 5.10 Å². The molecule has 0 atom stereocenters. The van der Waals surface area contributed by atoms with E-state index in [4.69, 9.17) is 10.5 Å². The number of amides is 1. The molecule has 0 saturated heterocycles. The lowest BCUT2D eigenvalue weighted by Gasteiger charge is -2.27. The predicted molar refractivity (Wildman–Crippen MR) is 107 cm³/mol. The average Bonchev–Trinajstić information content (AvgIpc) is 3.33. The fraction of sp³-hybridized carbons (Fsp3) is 0.211. The number of thiophene rings is 1. The molecule has 156 valence electrons. The number of fused-ring (bicyclic) bond motifs is 1. The van der Waals surface area contributed by atoms with Gasteiger partial charge >= 0.3 is 11.8 Å². The Labute approximate surface area is 173 Å². The lowest BCUT2D eigenvalue weighted by Crippen LogP contribution is -2.31. The van der Waals surface area contributed by atoms with E-state index in [1.54, 1.807) is 11.4 Å². The van der Waals surface area contributed by atoms with E-state index in [9.17, 15) is 18.4 Å². The molecule has 2 aromatic heterocycles. The molecular formula is C19H17F2N5O3S. The minimum Gasteiger partial charge on any atom is -0.444 e. The smallest absolute Gasteiger partial charge is 0.419 e. The second-order valence-corrected chi connectivity index (χ2v) is 7.55. The summed E-state index contributed by atoms with van der Waals surface area (Å²) in [6, 6.07) is 9.23. The molecule has 0 aliphatic carbocycles. The van der Waals surface area contributed by atoms with Gasteiger partial charge in [-0.2, -0.15) is 13.9 Å². The zero-order valence-corrected chi connectivity index (χ0v) is 16.4. The number of nitrogens with zero attached hydrogens (tertiary/aromatic N) is 4. The summed E-state index contributed by atoms with van der Waals surface area (Å²) in [4.78, 5) is 27.0. The van der Waals surface area contributed by atoms with Crippen molar-refractivity contribution >= 4 is 28.8 Å². The topological polar surface area (TPSA) is 95.4 Å². The second-order valence-electron chi connectivity index (χ2n) is 6.56. The molecule has 1 aromatic carbocycles. The number of nitrogens with two attached hydrogens (primary N) is 1. The summed E-state index contributed by atoms with van der Waals surface area (Å²) in [5.41, 5.74) is 6.69. The lowest BCUT2D eigenvalue weighted by molar-refractivity contribution is 0.145. The number of halogens is 2. The zero-order valence-electron chi connectivity index (χ0n) is 15.6. The monoisotopic (exact) mass is 433 g/mol. The van der Waals surface area contributed by atoms with E-state index in [0.717, 1.165) is 20.8 Å². The zero-order chi connectivity index (χ0) is 21.3. The molecule has 0 fully saturated rings. The van der Waals surface area contributed by atoms with Crippen LogP contribution in [0.1, 0.15) is 10.4 Å². The number of hydrogen-bond donors (Lipinski definition) is 1. The molecule has 0 saturated carbocycles. The minimum absolute atomic E-state index is 0.188. The number of cyclic esters (lactones) is 1. The Morgan fingerprint density at radius 2 is 2.07 bits per heavy atom. The van der Waals surface area contributed by atoms with Gasteiger partial charge in [0.1, 0.15) is 12.9 Å². The third-order valence-electron chi connectivity index (χ3n) is 4.64. The lowest BCUT2D eigenvalue weighted by atomic mass is 10.1. The van der Waals surface area contributed by atoms with Gasteiger partial charge in [0.15, 0.2) is 0 Å². The summed E-state index contributed by atoms with van der Waals surface area (Å²) < 4.78 is 33.1. The van der Waals surface area contributed by atoms with Crippen molar-refractivity contribution in [1.82, 2.24) is 14.3 Å². The molecule has 0 spiro atoms. The van der Waals surface area contributed by atoms with Crippen molar-refractivity contribution in [3.05, 3.63) is 74.6 Å². The third kappa shape index (κ3) is 3.76. The van der Waals surface area contributed by atoms with Crippen molar-refractivity contribution < 1.29 is 18.3 Å². The number of benzene rings is 1. The quantitative estimate of drug-likeness (QED) is 0.645. The fourth-order valence-electron chi connectivity index (χ4n) is 3.11. The van der Waals surface area contributed by atoms with Gasteiger partial charge in [0, 0.05) is 27.9 Å². The number of rotatable bonds is 6. The van der Waals surface area contributed by atoms with Crippen LogP contribution in [0.5, 0.6) is 0 Å². The van der Waals surface area contributed by atoms with Crippen molar-refractivity contribution in [2.24, 2.45) is 5.73 Å². The second kappa shape index (κ2) is 8.20. The van der Waals surface area contributed by atoms with Gasteiger partial charge < -0.3 is 10.5 Å². The van der Waals surface area contributed by atoms with E-state index in [1.165, 1.54) is 27.1 Å². The van der Waals surface area contributed by atoms with Crippen LogP contribution in [0.2, 0.25) is 0 Å². The summed E-state index contributed by atoms with van der Waals surface area (Å²) in [6.07, 6.45) is -1.09. The van der Waals surface area contributed by atoms with E-state index < -0.39 is 17.9 Å². The van der Waals surface area contributed by atoms with E-state index in [-0.39, 0.29) is 31.8 Å². The molecule has 0 bridgehead atoms. The van der Waals surface area contributed by atoms with Crippen LogP contribution >= 0.6 is 11.3 Å². The van der Waals surface area contributed by atoms with Crippen molar-refractivity contribution in [1.29, 1.82) is 0 Å². The molecule has 3 heterocycles. The predicted octanol–water partition coefficient (Wildman–Crippen LogP) is 3.05. The van der Waals surface area contributed by atoms with Gasteiger partial charge in [-0.3, -0.25) is 4.57 Å². The molecule has 3 aromatic rings. The first-order valence-electron chi connectivity index (χ1n) is 8.95. The van der Waals surface area contributed by atoms with Gasteiger partial charge in [-0.05, 0) is 12.1 Å². The van der Waals surface area contributed by atoms with E-state index in [1.807, 2.05) is 24.3 Å². The summed E-state index contributed by atoms with van der Waals surface area (Å²) in [5, 5.41) is 5.68. The SMILES string of the molecule is NCC(Cn1ncn(Cc2cc(N3C(=O)OCc4ccccc43)cs2)c1=O)=C(F)F. The number of para-hydroxylation sites is 1. The van der Waals surface area contributed by atoms with E-state index >= 15 is 0 Å². The Bertz CT molecular complexity index is 1180. The van der Waals surface area contributed by atoms with Crippen molar-refractivity contribution in [2.75, 3.05) is 11.4 Å². The van der Waals surface area contributed by atoms with Crippen LogP contribution in [-0.2, 0) is 24.4 Å². The first kappa shape index (κ1) is 20.0. The third-order valence-corrected chi connectivity index (χ3v) is 5.55. The molecule has 1 aliphatic rings. The van der Waals surface area contributed by atoms with Crippen LogP contribution in [0, 0.1) is 0 Å². The maximum Gasteiger partial charge on any atom is 0.419 e. The normalized spacial score (nSPS) is 13.2. The molecule has 8 nitrogen and oxygen atoms in total. The number of ether oxygens (including phenoxy) is 1. The molecule has 2 N–H and O–H groups in total. The van der Waals surface area contributed by atoms with Gasteiger partial charge in [-0.1, -0.05) is 18.2 Å². The van der Waals surface area contributed by atoms with E-state index in [0.29, 0.717) is 5.69 Å². The molecular weight excluding hydrogens is 416 g/mol. The average molecular weight is 433 g/mol. The number of anilines is 2. The molecule has 30 heavy (non-hydrogen) atoms. The summed E-state index contributed by atoms with van der Waals surface area (Å²) in [7, 11) is 0. The number of carbonyl (C=O) groups is 1. The Morgan fingerprint density at radius 1 is 1.27 bits per heavy atom. The number of carbonyl (C=O) groups excluding carboxylic acids is 1. The summed E-state index contributed by atoms with van der Waals surface area (Å²) in [5.74, 6) is 0. The van der Waals surface area contributed by atoms with Crippen LogP contribution in [0.25, 0.3) is 0 Å². The largest absolute Gasteiger partial charge is 0.444 e. The minimum atomic E-state index is -1.91. The molecule has 11 heteroatoms. The highest BCUT2D eigenvalue weighted by atomic mass is 32.1. The highest BCUT2D eigenvalue weighted by Gasteiger charge is 2.27. The summed E-state index contributed by atoms with van der Waals surface area (Å²) in [6.45, 7) is -0.316. The van der Waals surface area contributed by atoms with Gasteiger partial charge in [0.05, 0.1) is 24.5 Å². The molecule has 1 aliphatic heterocycles. The fourth-order valence-corrected chi connectivity index (χ4v) is 3.95. The van der Waals surface area contributed by atoms with Crippen LogP contribution in [-0.4, -0.2) is 27.0 Å².